The zero-order valence-corrected chi connectivity index (χ0v) is 16.7. The maximum atomic E-state index is 9.17. The standard InChI is InChI=1S/C26H25N2O/c1-17-12-13-21-20-10-7-11-22(27-2)25(20)29-26(21)24(17)23-16-19(14-15-28(23)3)18-8-5-4-6-9-18/h7,10-16,18H,4-6,8-9H2,1,3H3/q+1/i14D,15D,16D,18D. The fourth-order valence-corrected chi connectivity index (χ4v) is 4.39. The summed E-state index contributed by atoms with van der Waals surface area (Å²) in [5, 5.41) is 1.68. The summed E-state index contributed by atoms with van der Waals surface area (Å²) in [4.78, 5) is 3.60. The molecule has 2 aromatic carbocycles. The molecule has 29 heavy (non-hydrogen) atoms. The van der Waals surface area contributed by atoms with Crippen molar-refractivity contribution < 1.29 is 14.5 Å². The number of para-hydroxylation sites is 1. The number of pyridine rings is 1. The number of fused-ring (bicyclic) bond motifs is 3. The van der Waals surface area contributed by atoms with Crippen molar-refractivity contribution in [3.05, 3.63) is 71.1 Å². The van der Waals surface area contributed by atoms with Gasteiger partial charge in [0, 0.05) is 24.2 Å². The van der Waals surface area contributed by atoms with Crippen LogP contribution in [-0.4, -0.2) is 0 Å². The molecular weight excluding hydrogens is 356 g/mol. The molecule has 144 valence electrons. The summed E-state index contributed by atoms with van der Waals surface area (Å²) < 4.78 is 43.5. The highest BCUT2D eigenvalue weighted by atomic mass is 16.3. The van der Waals surface area contributed by atoms with E-state index in [1.54, 1.807) is 17.7 Å². The van der Waals surface area contributed by atoms with Gasteiger partial charge in [0.1, 0.15) is 19.6 Å². The molecule has 3 heteroatoms. The molecule has 0 saturated heterocycles. The lowest BCUT2D eigenvalue weighted by molar-refractivity contribution is -0.660. The van der Waals surface area contributed by atoms with E-state index >= 15 is 0 Å². The third-order valence-electron chi connectivity index (χ3n) is 5.95. The van der Waals surface area contributed by atoms with Crippen LogP contribution < -0.4 is 4.57 Å². The number of aryl methyl sites for hydroxylation is 1. The Balaban J connectivity index is 1.90. The molecule has 0 amide bonds. The van der Waals surface area contributed by atoms with E-state index < -0.39 is 5.89 Å². The third-order valence-corrected chi connectivity index (χ3v) is 5.95. The predicted molar refractivity (Wildman–Crippen MR) is 117 cm³/mol. The van der Waals surface area contributed by atoms with E-state index in [0.717, 1.165) is 35.6 Å². The normalized spacial score (nSPS) is 18.1. The Morgan fingerprint density at radius 2 is 1.93 bits per heavy atom. The van der Waals surface area contributed by atoms with E-state index in [0.29, 0.717) is 46.5 Å². The molecule has 5 rings (SSSR count). The first-order chi connectivity index (χ1) is 15.8. The maximum absolute atomic E-state index is 9.17. The van der Waals surface area contributed by atoms with E-state index in [4.69, 9.17) is 15.1 Å². The number of hydrogen-bond donors (Lipinski definition) is 0. The number of benzene rings is 2. The van der Waals surface area contributed by atoms with Crippen molar-refractivity contribution in [2.45, 2.75) is 44.9 Å². The molecular formula is C26H25N2O+. The second-order valence-corrected chi connectivity index (χ2v) is 7.81. The summed E-state index contributed by atoms with van der Waals surface area (Å²) in [5.41, 5.74) is 3.89. The summed E-state index contributed by atoms with van der Waals surface area (Å²) in [7, 11) is 1.69. The minimum atomic E-state index is -1.03. The highest BCUT2D eigenvalue weighted by molar-refractivity contribution is 6.12. The molecule has 1 saturated carbocycles. The molecule has 1 fully saturated rings. The molecule has 0 spiro atoms. The summed E-state index contributed by atoms with van der Waals surface area (Å²) >= 11 is 0. The highest BCUT2D eigenvalue weighted by Gasteiger charge is 2.24. The lowest BCUT2D eigenvalue weighted by Gasteiger charge is -2.21. The first-order valence-electron chi connectivity index (χ1n) is 12.1. The lowest BCUT2D eigenvalue weighted by atomic mass is 9.84. The Morgan fingerprint density at radius 1 is 1.14 bits per heavy atom. The quantitative estimate of drug-likeness (QED) is 0.269. The fraction of sp³-hybridized carbons (Fsp3) is 0.308. The molecule has 0 unspecified atom stereocenters. The minimum Gasteiger partial charge on any atom is -0.466 e. The van der Waals surface area contributed by atoms with E-state index in [9.17, 15) is 1.37 Å². The van der Waals surface area contributed by atoms with E-state index in [-0.39, 0.29) is 18.3 Å². The highest BCUT2D eigenvalue weighted by Crippen LogP contribution is 2.41. The summed E-state index contributed by atoms with van der Waals surface area (Å²) in [6.07, 6.45) is 4.03. The Bertz CT molecular complexity index is 1480. The molecule has 0 N–H and O–H groups in total. The lowest BCUT2D eigenvalue weighted by Crippen LogP contribution is -2.31. The van der Waals surface area contributed by atoms with Crippen LogP contribution in [0.2, 0.25) is 0 Å². The Morgan fingerprint density at radius 3 is 2.72 bits per heavy atom. The average molecular weight is 386 g/mol. The van der Waals surface area contributed by atoms with Gasteiger partial charge in [0.05, 0.1) is 14.9 Å². The van der Waals surface area contributed by atoms with Crippen LogP contribution in [-0.2, 0) is 7.05 Å². The summed E-state index contributed by atoms with van der Waals surface area (Å²) in [6.45, 7) is 9.44. The van der Waals surface area contributed by atoms with Gasteiger partial charge in [-0.3, -0.25) is 0 Å². The number of rotatable bonds is 2. The Kier molecular flexibility index (Phi) is 3.39. The smallest absolute Gasteiger partial charge is 0.229 e. The monoisotopic (exact) mass is 385 g/mol. The SMILES string of the molecule is [2H]c1c(C2([2H])CCCCC2)c([2H])c(-c2c(C)ccc3c2oc2c([N+]#[C-])cccc23)[n+](C)c1[2H]. The third kappa shape index (κ3) is 2.91. The number of nitrogens with zero attached hydrogens (tertiary/aromatic N) is 2. The molecule has 4 aromatic rings. The van der Waals surface area contributed by atoms with Crippen molar-refractivity contribution in [3.8, 4) is 11.3 Å². The summed E-state index contributed by atoms with van der Waals surface area (Å²) in [5.74, 6) is -1.03. The zero-order chi connectivity index (χ0) is 23.5. The minimum absolute atomic E-state index is 0.0115. The van der Waals surface area contributed by atoms with Crippen LogP contribution in [0.3, 0.4) is 0 Å². The van der Waals surface area contributed by atoms with Crippen LogP contribution in [0.25, 0.3) is 38.0 Å². The molecule has 0 atom stereocenters. The Labute approximate surface area is 177 Å². The van der Waals surface area contributed by atoms with Gasteiger partial charge in [-0.25, -0.2) is 9.41 Å². The van der Waals surface area contributed by atoms with Gasteiger partial charge in [0.25, 0.3) is 0 Å². The van der Waals surface area contributed by atoms with Gasteiger partial charge in [0.15, 0.2) is 6.17 Å². The molecule has 1 aliphatic rings. The number of hydrogen-bond acceptors (Lipinski definition) is 1. The van der Waals surface area contributed by atoms with Gasteiger partial charge in [-0.05, 0) is 36.8 Å². The Hall–Kier alpha value is -3.12. The van der Waals surface area contributed by atoms with Crippen LogP contribution in [0.15, 0.2) is 53.0 Å². The van der Waals surface area contributed by atoms with Crippen molar-refractivity contribution in [3.63, 3.8) is 0 Å². The van der Waals surface area contributed by atoms with Crippen LogP contribution in [0.5, 0.6) is 0 Å². The molecule has 0 aliphatic heterocycles. The van der Waals surface area contributed by atoms with Crippen LogP contribution >= 0.6 is 0 Å². The second-order valence-electron chi connectivity index (χ2n) is 7.81. The van der Waals surface area contributed by atoms with Crippen molar-refractivity contribution in [1.82, 2.24) is 0 Å². The van der Waals surface area contributed by atoms with Crippen molar-refractivity contribution >= 4 is 27.6 Å². The van der Waals surface area contributed by atoms with Crippen LogP contribution in [0.1, 0.15) is 54.6 Å². The molecule has 2 aromatic heterocycles. The maximum Gasteiger partial charge on any atom is 0.229 e. The topological polar surface area (TPSA) is 21.4 Å². The molecule has 0 bridgehead atoms. The van der Waals surface area contributed by atoms with Crippen LogP contribution in [0.4, 0.5) is 5.69 Å². The first kappa shape index (κ1) is 14.0. The zero-order valence-electron chi connectivity index (χ0n) is 20.7. The van der Waals surface area contributed by atoms with Gasteiger partial charge >= 0.3 is 0 Å². The van der Waals surface area contributed by atoms with Gasteiger partial charge in [0.2, 0.25) is 11.4 Å². The van der Waals surface area contributed by atoms with Gasteiger partial charge < -0.3 is 4.42 Å². The van der Waals surface area contributed by atoms with Crippen LogP contribution in [0, 0.1) is 13.5 Å². The van der Waals surface area contributed by atoms with Crippen molar-refractivity contribution in [2.24, 2.45) is 7.05 Å². The predicted octanol–water partition coefficient (Wildman–Crippen LogP) is 6.98. The largest absolute Gasteiger partial charge is 0.466 e. The van der Waals surface area contributed by atoms with Gasteiger partial charge in [-0.2, -0.15) is 0 Å². The fourth-order valence-electron chi connectivity index (χ4n) is 4.39. The first-order valence-corrected chi connectivity index (χ1v) is 10.1. The van der Waals surface area contributed by atoms with Crippen molar-refractivity contribution in [2.75, 3.05) is 0 Å². The molecule has 2 heterocycles. The van der Waals surface area contributed by atoms with E-state index in [2.05, 4.69) is 4.85 Å². The number of aromatic nitrogens is 1. The van der Waals surface area contributed by atoms with Crippen molar-refractivity contribution in [1.29, 1.82) is 0 Å². The van der Waals surface area contributed by atoms with E-state index in [1.807, 2.05) is 31.2 Å². The van der Waals surface area contributed by atoms with Gasteiger partial charge in [-0.1, -0.05) is 49.6 Å². The second kappa shape index (κ2) is 7.04. The number of furan rings is 1. The molecule has 0 radical (unpaired) electrons. The average Bonchev–Trinajstić information content (AvgIpc) is 3.18. The molecule has 1 aliphatic carbocycles. The molecule has 3 nitrogen and oxygen atoms in total. The summed E-state index contributed by atoms with van der Waals surface area (Å²) in [6, 6.07) is 9.50. The van der Waals surface area contributed by atoms with E-state index in [1.165, 1.54) is 0 Å². The van der Waals surface area contributed by atoms with Gasteiger partial charge in [-0.15, -0.1) is 0 Å².